The van der Waals surface area contributed by atoms with Gasteiger partial charge >= 0.3 is 0 Å². The summed E-state index contributed by atoms with van der Waals surface area (Å²) in [7, 11) is 0. The number of nitrogens with one attached hydrogen (secondary N) is 1. The van der Waals surface area contributed by atoms with E-state index in [1.807, 2.05) is 13.2 Å². The molecule has 2 unspecified atom stereocenters. The van der Waals surface area contributed by atoms with E-state index in [0.717, 1.165) is 38.2 Å². The van der Waals surface area contributed by atoms with Crippen LogP contribution in [0.4, 0.5) is 0 Å². The average molecular weight is 269 g/mol. The first-order valence-electron chi connectivity index (χ1n) is 6.53. The summed E-state index contributed by atoms with van der Waals surface area (Å²) < 4.78 is 0. The lowest BCUT2D eigenvalue weighted by molar-refractivity contribution is -0.124. The molecule has 0 aromatic heterocycles. The van der Waals surface area contributed by atoms with E-state index in [-0.39, 0.29) is 11.8 Å². The first-order valence-corrected chi connectivity index (χ1v) is 7.92. The lowest BCUT2D eigenvalue weighted by Crippen LogP contribution is -2.42. The second-order valence-corrected chi connectivity index (χ2v) is 5.91. The van der Waals surface area contributed by atoms with Crippen LogP contribution < -0.4 is 5.32 Å². The highest BCUT2D eigenvalue weighted by Gasteiger charge is 2.21. The zero-order valence-corrected chi connectivity index (χ0v) is 12.1. The molecule has 1 fully saturated rings. The lowest BCUT2D eigenvalue weighted by Gasteiger charge is -2.31. The molecule has 4 nitrogen and oxygen atoms in total. The quantitative estimate of drug-likeness (QED) is 0.739. The van der Waals surface area contributed by atoms with Gasteiger partial charge in [0.25, 0.3) is 0 Å². The van der Waals surface area contributed by atoms with E-state index in [2.05, 4.69) is 16.3 Å². The van der Waals surface area contributed by atoms with Crippen LogP contribution in [0.1, 0.15) is 19.8 Å². The molecule has 0 aromatic rings. The summed E-state index contributed by atoms with van der Waals surface area (Å²) in [5.74, 6) is 1.61. The van der Waals surface area contributed by atoms with Gasteiger partial charge in [0, 0.05) is 24.8 Å². The number of piperidine rings is 1. The van der Waals surface area contributed by atoms with Crippen LogP contribution in [0.15, 0.2) is 0 Å². The highest BCUT2D eigenvalue weighted by molar-refractivity contribution is 7.98. The average Bonchev–Trinajstić information content (AvgIpc) is 2.37. The normalized spacial score (nSPS) is 22.2. The molecule has 5 heteroatoms. The third-order valence-electron chi connectivity index (χ3n) is 3.33. The van der Waals surface area contributed by atoms with Crippen molar-refractivity contribution in [3.05, 3.63) is 0 Å². The fourth-order valence-electron chi connectivity index (χ4n) is 2.31. The molecule has 1 aliphatic heterocycles. The van der Waals surface area contributed by atoms with Gasteiger partial charge in [0.1, 0.15) is 0 Å². The molecule has 0 aromatic carbocycles. The van der Waals surface area contributed by atoms with E-state index < -0.39 is 0 Å². The number of hydrogen-bond donors (Lipinski definition) is 1. The van der Waals surface area contributed by atoms with Crippen LogP contribution in [-0.2, 0) is 4.79 Å². The summed E-state index contributed by atoms with van der Waals surface area (Å²) in [6.07, 6.45) is 4.30. The molecule has 2 atom stereocenters. The van der Waals surface area contributed by atoms with Gasteiger partial charge in [-0.1, -0.05) is 6.92 Å². The molecule has 0 saturated carbocycles. The SMILES string of the molecule is CSCC(C)C(=O)NCC1CCCN(CC#N)C1. The van der Waals surface area contributed by atoms with Crippen molar-refractivity contribution < 1.29 is 4.79 Å². The third-order valence-corrected chi connectivity index (χ3v) is 4.16. The van der Waals surface area contributed by atoms with Gasteiger partial charge in [-0.2, -0.15) is 17.0 Å². The molecule has 1 amide bonds. The molecule has 1 heterocycles. The maximum absolute atomic E-state index is 11.8. The number of thioether (sulfide) groups is 1. The van der Waals surface area contributed by atoms with Gasteiger partial charge in [-0.3, -0.25) is 9.69 Å². The number of nitrogens with zero attached hydrogens (tertiary/aromatic N) is 2. The van der Waals surface area contributed by atoms with Crippen LogP contribution in [0.5, 0.6) is 0 Å². The number of carbonyl (C=O) groups excluding carboxylic acids is 1. The summed E-state index contributed by atoms with van der Waals surface area (Å²) in [6, 6.07) is 2.19. The minimum atomic E-state index is 0.0822. The smallest absolute Gasteiger partial charge is 0.223 e. The van der Waals surface area contributed by atoms with Crippen molar-refractivity contribution in [3.63, 3.8) is 0 Å². The number of nitriles is 1. The van der Waals surface area contributed by atoms with Gasteiger partial charge in [-0.05, 0) is 31.6 Å². The Bertz CT molecular complexity index is 303. The Balaban J connectivity index is 2.26. The van der Waals surface area contributed by atoms with Crippen LogP contribution in [0.2, 0.25) is 0 Å². The van der Waals surface area contributed by atoms with Gasteiger partial charge < -0.3 is 5.32 Å². The van der Waals surface area contributed by atoms with Crippen LogP contribution in [-0.4, -0.2) is 49.0 Å². The van der Waals surface area contributed by atoms with Crippen molar-refractivity contribution in [1.29, 1.82) is 5.26 Å². The number of hydrogen-bond acceptors (Lipinski definition) is 4. The van der Waals surface area contributed by atoms with E-state index in [4.69, 9.17) is 5.26 Å². The third kappa shape index (κ3) is 5.28. The fraction of sp³-hybridized carbons (Fsp3) is 0.846. The molecule has 0 spiro atoms. The van der Waals surface area contributed by atoms with Crippen molar-refractivity contribution in [2.24, 2.45) is 11.8 Å². The van der Waals surface area contributed by atoms with Crippen LogP contribution in [0, 0.1) is 23.2 Å². The van der Waals surface area contributed by atoms with Crippen LogP contribution >= 0.6 is 11.8 Å². The predicted octanol–water partition coefficient (Wildman–Crippen LogP) is 1.34. The van der Waals surface area contributed by atoms with Crippen molar-refractivity contribution in [3.8, 4) is 6.07 Å². The molecule has 1 aliphatic rings. The topological polar surface area (TPSA) is 56.1 Å². The summed E-state index contributed by atoms with van der Waals surface area (Å²) >= 11 is 1.70. The van der Waals surface area contributed by atoms with Gasteiger partial charge in [0.05, 0.1) is 12.6 Å². The second kappa shape index (κ2) is 8.39. The zero-order chi connectivity index (χ0) is 13.4. The van der Waals surface area contributed by atoms with Crippen molar-refractivity contribution in [2.45, 2.75) is 19.8 Å². The minimum Gasteiger partial charge on any atom is -0.356 e. The second-order valence-electron chi connectivity index (χ2n) is 5.00. The number of rotatable bonds is 6. The van der Waals surface area contributed by atoms with Crippen molar-refractivity contribution in [1.82, 2.24) is 10.2 Å². The highest BCUT2D eigenvalue weighted by atomic mass is 32.2. The molecule has 102 valence electrons. The predicted molar refractivity (Wildman–Crippen MR) is 75.3 cm³/mol. The Labute approximate surface area is 114 Å². The summed E-state index contributed by atoms with van der Waals surface area (Å²) in [5.41, 5.74) is 0. The fourth-order valence-corrected chi connectivity index (χ4v) is 2.96. The Kier molecular flexibility index (Phi) is 7.14. The molecule has 1 rings (SSSR count). The van der Waals surface area contributed by atoms with E-state index >= 15 is 0 Å². The minimum absolute atomic E-state index is 0.0822. The summed E-state index contributed by atoms with van der Waals surface area (Å²) in [5, 5.41) is 11.7. The molecule has 0 aliphatic carbocycles. The monoisotopic (exact) mass is 269 g/mol. The Hall–Kier alpha value is -0.730. The van der Waals surface area contributed by atoms with Crippen molar-refractivity contribution in [2.75, 3.05) is 38.2 Å². The zero-order valence-electron chi connectivity index (χ0n) is 11.3. The molecule has 1 saturated heterocycles. The van der Waals surface area contributed by atoms with E-state index in [1.54, 1.807) is 11.8 Å². The van der Waals surface area contributed by atoms with E-state index in [1.165, 1.54) is 0 Å². The first-order chi connectivity index (χ1) is 8.67. The van der Waals surface area contributed by atoms with Crippen LogP contribution in [0.25, 0.3) is 0 Å². The molecule has 1 N–H and O–H groups in total. The summed E-state index contributed by atoms with van der Waals surface area (Å²) in [4.78, 5) is 14.0. The van der Waals surface area contributed by atoms with Crippen LogP contribution in [0.3, 0.4) is 0 Å². The standard InChI is InChI=1S/C13H23N3OS/c1-11(10-18-2)13(17)15-8-12-4-3-6-16(9-12)7-5-14/h11-12H,3-4,6-10H2,1-2H3,(H,15,17). The van der Waals surface area contributed by atoms with Gasteiger partial charge in [0.2, 0.25) is 5.91 Å². The first kappa shape index (κ1) is 15.3. The Morgan fingerprint density at radius 3 is 3.11 bits per heavy atom. The Morgan fingerprint density at radius 2 is 2.44 bits per heavy atom. The maximum Gasteiger partial charge on any atom is 0.223 e. The highest BCUT2D eigenvalue weighted by Crippen LogP contribution is 2.15. The maximum atomic E-state index is 11.8. The molecular formula is C13H23N3OS. The molecule has 18 heavy (non-hydrogen) atoms. The van der Waals surface area contributed by atoms with Gasteiger partial charge in [0.15, 0.2) is 0 Å². The van der Waals surface area contributed by atoms with Gasteiger partial charge in [-0.25, -0.2) is 0 Å². The largest absolute Gasteiger partial charge is 0.356 e. The number of carbonyl (C=O) groups is 1. The van der Waals surface area contributed by atoms with E-state index in [0.29, 0.717) is 12.5 Å². The molecule has 0 bridgehead atoms. The number of amides is 1. The molecular weight excluding hydrogens is 246 g/mol. The number of likely N-dealkylation sites (tertiary alicyclic amines) is 1. The Morgan fingerprint density at radius 1 is 1.67 bits per heavy atom. The van der Waals surface area contributed by atoms with E-state index in [9.17, 15) is 4.79 Å². The summed E-state index contributed by atoms with van der Waals surface area (Å²) in [6.45, 7) is 5.17. The molecule has 0 radical (unpaired) electrons. The van der Waals surface area contributed by atoms with Crippen molar-refractivity contribution >= 4 is 17.7 Å². The lowest BCUT2D eigenvalue weighted by atomic mass is 9.98. The van der Waals surface area contributed by atoms with Gasteiger partial charge in [-0.15, -0.1) is 0 Å².